The van der Waals surface area contributed by atoms with Gasteiger partial charge in [-0.2, -0.15) is 0 Å². The van der Waals surface area contributed by atoms with Crippen molar-refractivity contribution in [1.82, 2.24) is 0 Å². The molecule has 6 heteroatoms. The Morgan fingerprint density at radius 3 is 2.38 bits per heavy atom. The van der Waals surface area contributed by atoms with Crippen molar-refractivity contribution < 1.29 is 19.1 Å². The topological polar surface area (TPSA) is 65.0 Å². The molecule has 5 nitrogen and oxygen atoms in total. The molecule has 3 aromatic carbocycles. The Morgan fingerprint density at radius 2 is 1.62 bits per heavy atom. The average Bonchev–Trinajstić information content (AvgIpc) is 3.11. The molecule has 1 heterocycles. The van der Waals surface area contributed by atoms with Crippen LogP contribution in [-0.2, 0) is 9.53 Å². The molecule has 0 unspecified atom stereocenters. The zero-order valence-corrected chi connectivity index (χ0v) is 16.6. The minimum absolute atomic E-state index is 0.131. The van der Waals surface area contributed by atoms with Crippen molar-refractivity contribution >= 4 is 39.8 Å². The predicted octanol–water partition coefficient (Wildman–Crippen LogP) is 5.01. The van der Waals surface area contributed by atoms with E-state index in [9.17, 15) is 9.59 Å². The lowest BCUT2D eigenvalue weighted by Gasteiger charge is -2.07. The lowest BCUT2D eigenvalue weighted by atomic mass is 10.1. The van der Waals surface area contributed by atoms with E-state index in [4.69, 9.17) is 9.47 Å². The molecule has 1 aliphatic heterocycles. The molecule has 1 aliphatic rings. The van der Waals surface area contributed by atoms with Gasteiger partial charge in [0.1, 0.15) is 5.75 Å². The number of carbonyl (C=O) groups excluding carboxylic acids is 2. The van der Waals surface area contributed by atoms with Crippen LogP contribution in [0.5, 0.6) is 5.75 Å². The fourth-order valence-electron chi connectivity index (χ4n) is 2.70. The number of hydrogen-bond acceptors (Lipinski definition) is 5. The van der Waals surface area contributed by atoms with Gasteiger partial charge in [-0.05, 0) is 48.5 Å². The summed E-state index contributed by atoms with van der Waals surface area (Å²) >= 11 is 3.37. The SMILES string of the molecule is O=C1OC(c2ccc(Br)cc2)=N/C1=C/c1ccccc1OC(=O)c1ccccc1. The second-order valence-electron chi connectivity index (χ2n) is 6.14. The Labute approximate surface area is 175 Å². The quantitative estimate of drug-likeness (QED) is 0.320. The molecule has 142 valence electrons. The highest BCUT2D eigenvalue weighted by Crippen LogP contribution is 2.25. The number of cyclic esters (lactones) is 1. The molecule has 0 atom stereocenters. The molecule has 0 saturated heterocycles. The molecular formula is C23H14BrNO4. The summed E-state index contributed by atoms with van der Waals surface area (Å²) in [6.07, 6.45) is 1.54. The molecule has 0 bridgehead atoms. The van der Waals surface area contributed by atoms with E-state index >= 15 is 0 Å². The van der Waals surface area contributed by atoms with Crippen molar-refractivity contribution in [2.75, 3.05) is 0 Å². The van der Waals surface area contributed by atoms with Crippen molar-refractivity contribution in [3.63, 3.8) is 0 Å². The number of benzene rings is 3. The van der Waals surface area contributed by atoms with Crippen molar-refractivity contribution in [3.8, 4) is 5.75 Å². The first-order valence-corrected chi connectivity index (χ1v) is 9.54. The van der Waals surface area contributed by atoms with Gasteiger partial charge < -0.3 is 9.47 Å². The maximum Gasteiger partial charge on any atom is 0.363 e. The van der Waals surface area contributed by atoms with E-state index in [0.717, 1.165) is 4.47 Å². The summed E-state index contributed by atoms with van der Waals surface area (Å²) in [4.78, 5) is 28.9. The second-order valence-corrected chi connectivity index (χ2v) is 7.05. The van der Waals surface area contributed by atoms with Gasteiger partial charge in [0.05, 0.1) is 5.56 Å². The van der Waals surface area contributed by atoms with E-state index in [1.165, 1.54) is 0 Å². The van der Waals surface area contributed by atoms with Gasteiger partial charge in [-0.3, -0.25) is 0 Å². The fourth-order valence-corrected chi connectivity index (χ4v) is 2.96. The van der Waals surface area contributed by atoms with E-state index in [2.05, 4.69) is 20.9 Å². The summed E-state index contributed by atoms with van der Waals surface area (Å²) in [5, 5.41) is 0. The van der Waals surface area contributed by atoms with Crippen LogP contribution < -0.4 is 4.74 Å². The number of nitrogens with zero attached hydrogens (tertiary/aromatic N) is 1. The summed E-state index contributed by atoms with van der Waals surface area (Å²) in [5.41, 5.74) is 1.80. The summed E-state index contributed by atoms with van der Waals surface area (Å²) < 4.78 is 11.7. The number of rotatable bonds is 4. The zero-order valence-electron chi connectivity index (χ0n) is 15.0. The number of hydrogen-bond donors (Lipinski definition) is 0. The van der Waals surface area contributed by atoms with Crippen LogP contribution in [0.3, 0.4) is 0 Å². The molecule has 29 heavy (non-hydrogen) atoms. The fraction of sp³-hybridized carbons (Fsp3) is 0. The number of ether oxygens (including phenoxy) is 2. The number of halogens is 1. The minimum atomic E-state index is -0.563. The van der Waals surface area contributed by atoms with E-state index < -0.39 is 11.9 Å². The van der Waals surface area contributed by atoms with Gasteiger partial charge in [0.25, 0.3) is 0 Å². The summed E-state index contributed by atoms with van der Waals surface area (Å²) in [6, 6.07) is 22.9. The first kappa shape index (κ1) is 18.8. The molecule has 0 amide bonds. The lowest BCUT2D eigenvalue weighted by Crippen LogP contribution is -2.09. The largest absolute Gasteiger partial charge is 0.422 e. The van der Waals surface area contributed by atoms with E-state index in [-0.39, 0.29) is 11.6 Å². The third kappa shape index (κ3) is 4.33. The summed E-state index contributed by atoms with van der Waals surface area (Å²) in [5.74, 6) is -0.488. The lowest BCUT2D eigenvalue weighted by molar-refractivity contribution is -0.129. The van der Waals surface area contributed by atoms with Crippen LogP contribution in [0.2, 0.25) is 0 Å². The van der Waals surface area contributed by atoms with Gasteiger partial charge >= 0.3 is 11.9 Å². The van der Waals surface area contributed by atoms with Gasteiger partial charge in [0.15, 0.2) is 5.70 Å². The second kappa shape index (κ2) is 8.24. The van der Waals surface area contributed by atoms with Crippen LogP contribution >= 0.6 is 15.9 Å². The third-order valence-corrected chi connectivity index (χ3v) is 4.66. The average molecular weight is 448 g/mol. The number of aliphatic imine (C=N–C) groups is 1. The van der Waals surface area contributed by atoms with Crippen LogP contribution in [0.4, 0.5) is 0 Å². The van der Waals surface area contributed by atoms with Crippen molar-refractivity contribution in [3.05, 3.63) is 106 Å². The maximum absolute atomic E-state index is 12.4. The van der Waals surface area contributed by atoms with Crippen LogP contribution in [-0.4, -0.2) is 17.8 Å². The van der Waals surface area contributed by atoms with Gasteiger partial charge in [-0.15, -0.1) is 0 Å². The van der Waals surface area contributed by atoms with Gasteiger partial charge in [-0.1, -0.05) is 52.3 Å². The predicted molar refractivity (Wildman–Crippen MR) is 113 cm³/mol. The molecule has 0 radical (unpaired) electrons. The normalized spacial score (nSPS) is 14.4. The highest BCUT2D eigenvalue weighted by Gasteiger charge is 2.24. The number of esters is 2. The molecular weight excluding hydrogens is 434 g/mol. The molecule has 0 saturated carbocycles. The third-order valence-electron chi connectivity index (χ3n) is 4.14. The van der Waals surface area contributed by atoms with Crippen LogP contribution in [0.1, 0.15) is 21.5 Å². The van der Waals surface area contributed by atoms with Gasteiger partial charge in [-0.25, -0.2) is 14.6 Å². The van der Waals surface area contributed by atoms with E-state index in [1.54, 1.807) is 66.7 Å². The maximum atomic E-state index is 12.4. The summed E-state index contributed by atoms with van der Waals surface area (Å²) in [7, 11) is 0. The Balaban J connectivity index is 1.62. The van der Waals surface area contributed by atoms with Crippen LogP contribution in [0.25, 0.3) is 6.08 Å². The standard InChI is InChI=1S/C23H14BrNO4/c24-18-12-10-15(11-13-18)21-25-19(23(27)29-21)14-17-8-4-5-9-20(17)28-22(26)16-6-2-1-3-7-16/h1-14H/b19-14+. The molecule has 3 aromatic rings. The molecule has 4 rings (SSSR count). The molecule has 0 fully saturated rings. The van der Waals surface area contributed by atoms with Crippen molar-refractivity contribution in [2.45, 2.75) is 0 Å². The monoisotopic (exact) mass is 447 g/mol. The Hall–Kier alpha value is -3.51. The van der Waals surface area contributed by atoms with Crippen LogP contribution in [0, 0.1) is 0 Å². The Kier molecular flexibility index (Phi) is 5.35. The zero-order chi connectivity index (χ0) is 20.2. The van der Waals surface area contributed by atoms with E-state index in [0.29, 0.717) is 22.4 Å². The molecule has 0 spiro atoms. The minimum Gasteiger partial charge on any atom is -0.422 e. The summed E-state index contributed by atoms with van der Waals surface area (Å²) in [6.45, 7) is 0. The first-order chi connectivity index (χ1) is 14.1. The Bertz CT molecular complexity index is 1140. The van der Waals surface area contributed by atoms with Gasteiger partial charge in [0.2, 0.25) is 5.90 Å². The van der Waals surface area contributed by atoms with Crippen LogP contribution in [0.15, 0.2) is 94.0 Å². The molecule has 0 aliphatic carbocycles. The molecule has 0 N–H and O–H groups in total. The smallest absolute Gasteiger partial charge is 0.363 e. The number of para-hydroxylation sites is 1. The van der Waals surface area contributed by atoms with E-state index in [1.807, 2.05) is 18.2 Å². The number of carbonyl (C=O) groups is 2. The highest BCUT2D eigenvalue weighted by molar-refractivity contribution is 9.10. The van der Waals surface area contributed by atoms with Crippen molar-refractivity contribution in [2.24, 2.45) is 4.99 Å². The van der Waals surface area contributed by atoms with Crippen molar-refractivity contribution in [1.29, 1.82) is 0 Å². The molecule has 0 aromatic heterocycles. The Morgan fingerprint density at radius 1 is 0.931 bits per heavy atom. The highest BCUT2D eigenvalue weighted by atomic mass is 79.9. The first-order valence-electron chi connectivity index (χ1n) is 8.75. The van der Waals surface area contributed by atoms with Gasteiger partial charge in [0, 0.05) is 15.6 Å².